The molecule has 0 atom stereocenters. The molecule has 104 valence electrons. The molecule has 1 fully saturated rings. The van der Waals surface area contributed by atoms with Crippen LogP contribution in [-0.2, 0) is 20.9 Å². The van der Waals surface area contributed by atoms with E-state index >= 15 is 0 Å². The van der Waals surface area contributed by atoms with Gasteiger partial charge < -0.3 is 9.47 Å². The third-order valence-corrected chi connectivity index (χ3v) is 3.82. The molecule has 3 heteroatoms. The van der Waals surface area contributed by atoms with Crippen LogP contribution in [0, 0.1) is 12.8 Å². The van der Waals surface area contributed by atoms with Gasteiger partial charge in [0, 0.05) is 0 Å². The minimum atomic E-state index is -0.0722. The van der Waals surface area contributed by atoms with E-state index in [0.29, 0.717) is 6.61 Å². The van der Waals surface area contributed by atoms with E-state index in [4.69, 9.17) is 9.47 Å². The average Bonchev–Trinajstić information content (AvgIpc) is 2.46. The Morgan fingerprint density at radius 3 is 2.37 bits per heavy atom. The highest BCUT2D eigenvalue weighted by atomic mass is 16.5. The molecule has 3 nitrogen and oxygen atoms in total. The van der Waals surface area contributed by atoms with Crippen molar-refractivity contribution in [1.82, 2.24) is 0 Å². The van der Waals surface area contributed by atoms with Gasteiger partial charge in [-0.25, -0.2) is 0 Å². The normalized spacial score (nSPS) is 23.1. The van der Waals surface area contributed by atoms with Crippen LogP contribution >= 0.6 is 0 Å². The van der Waals surface area contributed by atoms with Crippen molar-refractivity contribution >= 4 is 5.97 Å². The van der Waals surface area contributed by atoms with Gasteiger partial charge in [0.1, 0.15) is 0 Å². The number of carbonyl (C=O) groups is 1. The maximum absolute atomic E-state index is 11.4. The number of hydrogen-bond acceptors (Lipinski definition) is 3. The molecular weight excluding hydrogens is 240 g/mol. The molecule has 1 aliphatic carbocycles. The Balaban J connectivity index is 1.74. The first kappa shape index (κ1) is 14.1. The molecule has 0 unspecified atom stereocenters. The molecule has 0 heterocycles. The molecule has 0 radical (unpaired) electrons. The Morgan fingerprint density at radius 2 is 1.79 bits per heavy atom. The van der Waals surface area contributed by atoms with Gasteiger partial charge in [0.25, 0.3) is 0 Å². The zero-order chi connectivity index (χ0) is 13.7. The van der Waals surface area contributed by atoms with Crippen molar-refractivity contribution in [2.75, 3.05) is 7.11 Å². The number of carbonyl (C=O) groups excluding carboxylic acids is 1. The van der Waals surface area contributed by atoms with Crippen LogP contribution in [0.5, 0.6) is 0 Å². The van der Waals surface area contributed by atoms with Crippen LogP contribution in [0.15, 0.2) is 24.3 Å². The average molecular weight is 262 g/mol. The lowest BCUT2D eigenvalue weighted by molar-refractivity contribution is -0.147. The predicted molar refractivity (Wildman–Crippen MR) is 73.7 cm³/mol. The minimum absolute atomic E-state index is 0.0722. The fourth-order valence-electron chi connectivity index (χ4n) is 2.53. The summed E-state index contributed by atoms with van der Waals surface area (Å²) >= 11 is 0. The van der Waals surface area contributed by atoms with Crippen molar-refractivity contribution in [3.05, 3.63) is 35.4 Å². The number of rotatable bonds is 4. The maximum atomic E-state index is 11.4. The highest BCUT2D eigenvalue weighted by Crippen LogP contribution is 2.27. The molecular formula is C16H22O3. The monoisotopic (exact) mass is 262 g/mol. The Labute approximate surface area is 114 Å². The molecule has 2 rings (SSSR count). The van der Waals surface area contributed by atoms with Crippen molar-refractivity contribution in [2.45, 2.75) is 45.3 Å². The molecule has 1 aromatic carbocycles. The lowest BCUT2D eigenvalue weighted by Crippen LogP contribution is -2.26. The number of aryl methyl sites for hydroxylation is 1. The topological polar surface area (TPSA) is 35.5 Å². The van der Waals surface area contributed by atoms with E-state index in [-0.39, 0.29) is 18.0 Å². The van der Waals surface area contributed by atoms with Gasteiger partial charge in [-0.05, 0) is 38.2 Å². The SMILES string of the molecule is COC(=O)C1CCC(OCc2ccc(C)cc2)CC1. The van der Waals surface area contributed by atoms with Gasteiger partial charge in [-0.2, -0.15) is 0 Å². The van der Waals surface area contributed by atoms with Crippen LogP contribution in [0.2, 0.25) is 0 Å². The maximum Gasteiger partial charge on any atom is 0.308 e. The Kier molecular flexibility index (Phi) is 4.97. The number of ether oxygens (including phenoxy) is 2. The Morgan fingerprint density at radius 1 is 1.16 bits per heavy atom. The van der Waals surface area contributed by atoms with Crippen molar-refractivity contribution in [3.8, 4) is 0 Å². The van der Waals surface area contributed by atoms with Crippen LogP contribution in [0.3, 0.4) is 0 Å². The molecule has 1 aromatic rings. The third kappa shape index (κ3) is 4.06. The second-order valence-electron chi connectivity index (χ2n) is 5.29. The third-order valence-electron chi connectivity index (χ3n) is 3.82. The second-order valence-corrected chi connectivity index (χ2v) is 5.29. The van der Waals surface area contributed by atoms with E-state index in [1.54, 1.807) is 0 Å². The van der Waals surface area contributed by atoms with E-state index in [1.807, 2.05) is 0 Å². The van der Waals surface area contributed by atoms with E-state index in [0.717, 1.165) is 25.7 Å². The molecule has 0 saturated heterocycles. The van der Waals surface area contributed by atoms with Crippen LogP contribution in [0.4, 0.5) is 0 Å². The van der Waals surface area contributed by atoms with Crippen molar-refractivity contribution in [1.29, 1.82) is 0 Å². The number of benzene rings is 1. The first-order valence-corrected chi connectivity index (χ1v) is 6.94. The standard InChI is InChI=1S/C16H22O3/c1-12-3-5-13(6-4-12)11-19-15-9-7-14(8-10-15)16(17)18-2/h3-6,14-15H,7-11H2,1-2H3. The summed E-state index contributed by atoms with van der Waals surface area (Å²) in [5, 5.41) is 0. The molecule has 0 aliphatic heterocycles. The van der Waals surface area contributed by atoms with Crippen LogP contribution in [-0.4, -0.2) is 19.2 Å². The molecule has 0 spiro atoms. The van der Waals surface area contributed by atoms with Crippen LogP contribution in [0.1, 0.15) is 36.8 Å². The summed E-state index contributed by atoms with van der Waals surface area (Å²) < 4.78 is 10.7. The molecule has 0 N–H and O–H groups in total. The molecule has 0 bridgehead atoms. The summed E-state index contributed by atoms with van der Waals surface area (Å²) in [6, 6.07) is 8.42. The van der Waals surface area contributed by atoms with Crippen LogP contribution < -0.4 is 0 Å². The summed E-state index contributed by atoms with van der Waals surface area (Å²) in [5.74, 6) is 0.00112. The fourth-order valence-corrected chi connectivity index (χ4v) is 2.53. The van der Waals surface area contributed by atoms with Gasteiger partial charge in [-0.1, -0.05) is 29.8 Å². The number of esters is 1. The first-order valence-electron chi connectivity index (χ1n) is 6.94. The van der Waals surface area contributed by atoms with Crippen molar-refractivity contribution in [2.24, 2.45) is 5.92 Å². The van der Waals surface area contributed by atoms with E-state index in [2.05, 4.69) is 31.2 Å². The zero-order valence-electron chi connectivity index (χ0n) is 11.7. The quantitative estimate of drug-likeness (QED) is 0.781. The largest absolute Gasteiger partial charge is 0.469 e. The predicted octanol–water partition coefficient (Wildman–Crippen LogP) is 3.24. The van der Waals surface area contributed by atoms with Gasteiger partial charge in [0.2, 0.25) is 0 Å². The Hall–Kier alpha value is -1.35. The first-order chi connectivity index (χ1) is 9.19. The van der Waals surface area contributed by atoms with Gasteiger partial charge >= 0.3 is 5.97 Å². The highest BCUT2D eigenvalue weighted by molar-refractivity contribution is 5.72. The summed E-state index contributed by atoms with van der Waals surface area (Å²) in [4.78, 5) is 11.4. The van der Waals surface area contributed by atoms with Gasteiger partial charge in [0.05, 0.1) is 25.7 Å². The summed E-state index contributed by atoms with van der Waals surface area (Å²) in [7, 11) is 1.46. The van der Waals surface area contributed by atoms with E-state index < -0.39 is 0 Å². The fraction of sp³-hybridized carbons (Fsp3) is 0.562. The van der Waals surface area contributed by atoms with Crippen LogP contribution in [0.25, 0.3) is 0 Å². The van der Waals surface area contributed by atoms with Gasteiger partial charge in [-0.15, -0.1) is 0 Å². The molecule has 0 aromatic heterocycles. The van der Waals surface area contributed by atoms with Gasteiger partial charge in [-0.3, -0.25) is 4.79 Å². The lowest BCUT2D eigenvalue weighted by atomic mass is 9.87. The van der Waals surface area contributed by atoms with Crippen molar-refractivity contribution in [3.63, 3.8) is 0 Å². The smallest absolute Gasteiger partial charge is 0.308 e. The summed E-state index contributed by atoms with van der Waals surface area (Å²) in [6.45, 7) is 2.74. The lowest BCUT2D eigenvalue weighted by Gasteiger charge is -2.27. The number of methoxy groups -OCH3 is 1. The van der Waals surface area contributed by atoms with Crippen molar-refractivity contribution < 1.29 is 14.3 Å². The summed E-state index contributed by atoms with van der Waals surface area (Å²) in [5.41, 5.74) is 2.48. The van der Waals surface area contributed by atoms with E-state index in [1.165, 1.54) is 18.2 Å². The van der Waals surface area contributed by atoms with Gasteiger partial charge in [0.15, 0.2) is 0 Å². The minimum Gasteiger partial charge on any atom is -0.469 e. The zero-order valence-corrected chi connectivity index (χ0v) is 11.7. The highest BCUT2D eigenvalue weighted by Gasteiger charge is 2.27. The number of hydrogen-bond donors (Lipinski definition) is 0. The molecule has 0 amide bonds. The molecule has 1 saturated carbocycles. The second kappa shape index (κ2) is 6.71. The van der Waals surface area contributed by atoms with E-state index in [9.17, 15) is 4.79 Å². The molecule has 1 aliphatic rings. The summed E-state index contributed by atoms with van der Waals surface area (Å²) in [6.07, 6.45) is 3.94. The Bertz CT molecular complexity index is 403. The molecule has 19 heavy (non-hydrogen) atoms.